The van der Waals surface area contributed by atoms with Crippen molar-refractivity contribution in [1.82, 2.24) is 0 Å². The van der Waals surface area contributed by atoms with Crippen molar-refractivity contribution < 1.29 is 9.18 Å². The van der Waals surface area contributed by atoms with Crippen LogP contribution in [-0.2, 0) is 11.2 Å². The Labute approximate surface area is 106 Å². The van der Waals surface area contributed by atoms with Gasteiger partial charge in [0.05, 0.1) is 0 Å². The molecule has 1 nitrogen and oxygen atoms in total. The van der Waals surface area contributed by atoms with Crippen LogP contribution in [0.2, 0.25) is 0 Å². The lowest BCUT2D eigenvalue weighted by Gasteiger charge is -2.11. The van der Waals surface area contributed by atoms with Crippen LogP contribution in [0.1, 0.15) is 22.6 Å². The molecule has 2 heteroatoms. The minimum atomic E-state index is -0.253. The van der Waals surface area contributed by atoms with Gasteiger partial charge in [-0.3, -0.25) is 0 Å². The van der Waals surface area contributed by atoms with Crippen LogP contribution in [0, 0.1) is 12.7 Å². The molecule has 0 heterocycles. The first-order valence-corrected chi connectivity index (χ1v) is 5.95. The summed E-state index contributed by atoms with van der Waals surface area (Å²) in [5.41, 5.74) is 3.11. The minimum absolute atomic E-state index is 0.171. The molecule has 0 bridgehead atoms. The second kappa shape index (κ2) is 5.58. The van der Waals surface area contributed by atoms with Gasteiger partial charge in [-0.1, -0.05) is 42.0 Å². The zero-order chi connectivity index (χ0) is 13.0. The topological polar surface area (TPSA) is 17.1 Å². The first-order chi connectivity index (χ1) is 8.69. The molecule has 2 aromatic carbocycles. The van der Waals surface area contributed by atoms with Gasteiger partial charge in [-0.15, -0.1) is 0 Å². The molecule has 0 aromatic heterocycles. The van der Waals surface area contributed by atoms with E-state index in [0.29, 0.717) is 6.42 Å². The Bertz CT molecular complexity index is 531. The van der Waals surface area contributed by atoms with Crippen molar-refractivity contribution in [2.24, 2.45) is 0 Å². The van der Waals surface area contributed by atoms with E-state index in [-0.39, 0.29) is 11.7 Å². The molecule has 18 heavy (non-hydrogen) atoms. The molecule has 0 N–H and O–H groups in total. The van der Waals surface area contributed by atoms with E-state index >= 15 is 0 Å². The third-order valence-electron chi connectivity index (χ3n) is 3.00. The summed E-state index contributed by atoms with van der Waals surface area (Å²) < 4.78 is 12.8. The van der Waals surface area contributed by atoms with Gasteiger partial charge in [0.25, 0.3) is 0 Å². The van der Waals surface area contributed by atoms with Crippen molar-refractivity contribution in [1.29, 1.82) is 0 Å². The predicted octanol–water partition coefficient (Wildman–Crippen LogP) is 3.66. The lowest BCUT2D eigenvalue weighted by Crippen LogP contribution is -2.04. The van der Waals surface area contributed by atoms with E-state index in [9.17, 15) is 9.18 Å². The van der Waals surface area contributed by atoms with Gasteiger partial charge in [-0.25, -0.2) is 4.39 Å². The molecule has 0 saturated carbocycles. The Morgan fingerprint density at radius 3 is 2.50 bits per heavy atom. The van der Waals surface area contributed by atoms with Crippen LogP contribution < -0.4 is 0 Å². The summed E-state index contributed by atoms with van der Waals surface area (Å²) in [5, 5.41) is 0. The largest absolute Gasteiger partial charge is 0.303 e. The fourth-order valence-electron chi connectivity index (χ4n) is 2.02. The molecule has 2 aromatic rings. The standard InChI is InChI=1S/C16H15FO/c1-12-3-2-4-14(9-12)15(11-18)10-13-5-7-16(17)8-6-13/h2-9,11,15H,10H2,1H3. The van der Waals surface area contributed by atoms with E-state index < -0.39 is 0 Å². The Kier molecular flexibility index (Phi) is 3.88. The van der Waals surface area contributed by atoms with Crippen molar-refractivity contribution in [3.05, 3.63) is 71.0 Å². The van der Waals surface area contributed by atoms with Crippen molar-refractivity contribution in [2.45, 2.75) is 19.3 Å². The molecular weight excluding hydrogens is 227 g/mol. The molecule has 0 saturated heterocycles. The molecular formula is C16H15FO. The van der Waals surface area contributed by atoms with Gasteiger partial charge in [0.15, 0.2) is 0 Å². The van der Waals surface area contributed by atoms with Crippen LogP contribution in [0.15, 0.2) is 48.5 Å². The zero-order valence-corrected chi connectivity index (χ0v) is 10.3. The summed E-state index contributed by atoms with van der Waals surface area (Å²) in [6.07, 6.45) is 1.56. The number of halogens is 1. The molecule has 92 valence electrons. The molecule has 0 fully saturated rings. The molecule has 0 aliphatic heterocycles. The number of hydrogen-bond donors (Lipinski definition) is 0. The predicted molar refractivity (Wildman–Crippen MR) is 70.1 cm³/mol. The Morgan fingerprint density at radius 1 is 1.17 bits per heavy atom. The van der Waals surface area contributed by atoms with Crippen molar-refractivity contribution >= 4 is 6.29 Å². The lowest BCUT2D eigenvalue weighted by atomic mass is 9.92. The number of rotatable bonds is 4. The van der Waals surface area contributed by atoms with E-state index in [1.165, 1.54) is 12.1 Å². The van der Waals surface area contributed by atoms with Crippen LogP contribution in [-0.4, -0.2) is 6.29 Å². The quantitative estimate of drug-likeness (QED) is 0.748. The van der Waals surface area contributed by atoms with Crippen LogP contribution in [0.25, 0.3) is 0 Å². The molecule has 0 spiro atoms. The second-order valence-corrected chi connectivity index (χ2v) is 4.49. The fourth-order valence-corrected chi connectivity index (χ4v) is 2.02. The summed E-state index contributed by atoms with van der Waals surface area (Å²) in [6, 6.07) is 14.2. The first-order valence-electron chi connectivity index (χ1n) is 5.95. The lowest BCUT2D eigenvalue weighted by molar-refractivity contribution is -0.109. The normalized spacial score (nSPS) is 12.1. The number of aldehydes is 1. The van der Waals surface area contributed by atoms with Gasteiger partial charge >= 0.3 is 0 Å². The zero-order valence-electron chi connectivity index (χ0n) is 10.3. The van der Waals surface area contributed by atoms with Crippen molar-refractivity contribution in [3.8, 4) is 0 Å². The molecule has 0 radical (unpaired) electrons. The SMILES string of the molecule is Cc1cccc(C(C=O)Cc2ccc(F)cc2)c1. The van der Waals surface area contributed by atoms with Crippen LogP contribution in [0.4, 0.5) is 4.39 Å². The van der Waals surface area contributed by atoms with Crippen LogP contribution in [0.3, 0.4) is 0 Å². The van der Waals surface area contributed by atoms with Gasteiger partial charge < -0.3 is 4.79 Å². The van der Waals surface area contributed by atoms with E-state index in [2.05, 4.69) is 0 Å². The number of hydrogen-bond acceptors (Lipinski definition) is 1. The average molecular weight is 242 g/mol. The van der Waals surface area contributed by atoms with E-state index in [1.807, 2.05) is 31.2 Å². The molecule has 0 aliphatic rings. The molecule has 2 rings (SSSR count). The van der Waals surface area contributed by atoms with Gasteiger partial charge in [0.2, 0.25) is 0 Å². The smallest absolute Gasteiger partial charge is 0.127 e. The highest BCUT2D eigenvalue weighted by Crippen LogP contribution is 2.20. The van der Waals surface area contributed by atoms with Crippen LogP contribution in [0.5, 0.6) is 0 Å². The molecule has 0 amide bonds. The summed E-state index contributed by atoms with van der Waals surface area (Å²) in [4.78, 5) is 11.2. The summed E-state index contributed by atoms with van der Waals surface area (Å²) >= 11 is 0. The maximum Gasteiger partial charge on any atom is 0.127 e. The van der Waals surface area contributed by atoms with Crippen molar-refractivity contribution in [3.63, 3.8) is 0 Å². The Morgan fingerprint density at radius 2 is 1.89 bits per heavy atom. The highest BCUT2D eigenvalue weighted by Gasteiger charge is 2.11. The summed E-state index contributed by atoms with van der Waals surface area (Å²) in [5.74, 6) is -0.424. The van der Waals surface area contributed by atoms with E-state index in [4.69, 9.17) is 0 Å². The maximum atomic E-state index is 12.8. The highest BCUT2D eigenvalue weighted by atomic mass is 19.1. The first kappa shape index (κ1) is 12.5. The fraction of sp³-hybridized carbons (Fsp3) is 0.188. The van der Waals surface area contributed by atoms with Gasteiger partial charge in [0.1, 0.15) is 12.1 Å². The Hall–Kier alpha value is -1.96. The van der Waals surface area contributed by atoms with E-state index in [0.717, 1.165) is 23.0 Å². The summed E-state index contributed by atoms with van der Waals surface area (Å²) in [6.45, 7) is 2.00. The highest BCUT2D eigenvalue weighted by molar-refractivity contribution is 5.63. The average Bonchev–Trinajstić information content (AvgIpc) is 2.38. The molecule has 1 unspecified atom stereocenters. The number of aryl methyl sites for hydroxylation is 1. The maximum absolute atomic E-state index is 12.8. The number of carbonyl (C=O) groups excluding carboxylic acids is 1. The Balaban J connectivity index is 2.19. The van der Waals surface area contributed by atoms with Gasteiger partial charge in [0, 0.05) is 5.92 Å². The van der Waals surface area contributed by atoms with Crippen molar-refractivity contribution in [2.75, 3.05) is 0 Å². The number of carbonyl (C=O) groups is 1. The van der Waals surface area contributed by atoms with Gasteiger partial charge in [-0.05, 0) is 36.6 Å². The number of benzene rings is 2. The second-order valence-electron chi connectivity index (χ2n) is 4.49. The summed E-state index contributed by atoms with van der Waals surface area (Å²) in [7, 11) is 0. The van der Waals surface area contributed by atoms with E-state index in [1.54, 1.807) is 12.1 Å². The third kappa shape index (κ3) is 3.04. The van der Waals surface area contributed by atoms with Crippen LogP contribution >= 0.6 is 0 Å². The monoisotopic (exact) mass is 242 g/mol. The minimum Gasteiger partial charge on any atom is -0.303 e. The third-order valence-corrected chi connectivity index (χ3v) is 3.00. The van der Waals surface area contributed by atoms with Gasteiger partial charge in [-0.2, -0.15) is 0 Å². The molecule has 1 atom stereocenters. The molecule has 0 aliphatic carbocycles.